The molecule has 0 aliphatic rings. The maximum absolute atomic E-state index is 3.44. The van der Waals surface area contributed by atoms with Crippen molar-refractivity contribution < 1.29 is 0 Å². The predicted octanol–water partition coefficient (Wildman–Crippen LogP) is 5.86. The predicted molar refractivity (Wildman–Crippen MR) is 74.8 cm³/mol. The molecule has 0 nitrogen and oxygen atoms in total. The van der Waals surface area contributed by atoms with E-state index in [9.17, 15) is 0 Å². The van der Waals surface area contributed by atoms with Crippen LogP contribution in [0.25, 0.3) is 0 Å². The highest BCUT2D eigenvalue weighted by molar-refractivity contribution is 9.09. The Morgan fingerprint density at radius 2 is 1.27 bits per heavy atom. The maximum atomic E-state index is 3.44. The molecule has 0 amide bonds. The van der Waals surface area contributed by atoms with Gasteiger partial charge in [-0.15, -0.1) is 0 Å². The summed E-state index contributed by atoms with van der Waals surface area (Å²) in [5, 5.41) is 1.13. The van der Waals surface area contributed by atoms with Gasteiger partial charge in [0.25, 0.3) is 0 Å². The van der Waals surface area contributed by atoms with Crippen LogP contribution in [0.4, 0.5) is 0 Å². The van der Waals surface area contributed by atoms with E-state index in [1.165, 1.54) is 64.2 Å². The van der Waals surface area contributed by atoms with Gasteiger partial charge in [0.05, 0.1) is 0 Å². The molecule has 0 atom stereocenters. The highest BCUT2D eigenvalue weighted by Crippen LogP contribution is 2.08. The fourth-order valence-corrected chi connectivity index (χ4v) is 1.97. The van der Waals surface area contributed by atoms with Gasteiger partial charge < -0.3 is 0 Å². The summed E-state index contributed by atoms with van der Waals surface area (Å²) < 4.78 is 0. The molecule has 15 heavy (non-hydrogen) atoms. The second-order valence-electron chi connectivity index (χ2n) is 4.21. The van der Waals surface area contributed by atoms with E-state index in [1.807, 2.05) is 0 Å². The van der Waals surface area contributed by atoms with Crippen LogP contribution in [-0.4, -0.2) is 5.33 Å². The normalized spacial score (nSPS) is 11.3. The molecule has 0 aliphatic heterocycles. The monoisotopic (exact) mass is 274 g/mol. The van der Waals surface area contributed by atoms with Gasteiger partial charge in [0.2, 0.25) is 0 Å². The van der Waals surface area contributed by atoms with Crippen LogP contribution >= 0.6 is 15.9 Å². The van der Waals surface area contributed by atoms with Crippen molar-refractivity contribution in [3.05, 3.63) is 12.2 Å². The number of alkyl halides is 1. The zero-order valence-electron chi connectivity index (χ0n) is 10.3. The molecule has 0 saturated heterocycles. The molecule has 0 spiro atoms. The highest BCUT2D eigenvalue weighted by Gasteiger charge is 1.89. The Morgan fingerprint density at radius 1 is 0.733 bits per heavy atom. The van der Waals surface area contributed by atoms with E-state index in [-0.39, 0.29) is 0 Å². The number of rotatable bonds is 11. The first-order valence-electron chi connectivity index (χ1n) is 6.62. The van der Waals surface area contributed by atoms with Gasteiger partial charge in [-0.25, -0.2) is 0 Å². The quantitative estimate of drug-likeness (QED) is 0.252. The summed E-state index contributed by atoms with van der Waals surface area (Å²) >= 11 is 3.44. The second-order valence-corrected chi connectivity index (χ2v) is 5.01. The average Bonchev–Trinajstić information content (AvgIpc) is 2.26. The third-order valence-corrected chi connectivity index (χ3v) is 3.21. The zero-order chi connectivity index (χ0) is 11.2. The van der Waals surface area contributed by atoms with E-state index < -0.39 is 0 Å². The number of hydrogen-bond donors (Lipinski definition) is 0. The third-order valence-electron chi connectivity index (χ3n) is 2.65. The molecule has 0 aromatic heterocycles. The van der Waals surface area contributed by atoms with E-state index in [2.05, 4.69) is 35.0 Å². The average molecular weight is 275 g/mol. The van der Waals surface area contributed by atoms with E-state index in [4.69, 9.17) is 0 Å². The Balaban J connectivity index is 2.95. The maximum Gasteiger partial charge on any atom is 0.00342 e. The minimum atomic E-state index is 1.13. The van der Waals surface area contributed by atoms with Crippen LogP contribution in [-0.2, 0) is 0 Å². The summed E-state index contributed by atoms with van der Waals surface area (Å²) in [6.07, 6.45) is 18.4. The first kappa shape index (κ1) is 15.2. The largest absolute Gasteiger partial charge is 0.0928 e. The summed E-state index contributed by atoms with van der Waals surface area (Å²) in [6.45, 7) is 2.28. The minimum absolute atomic E-state index is 1.13. The van der Waals surface area contributed by atoms with Gasteiger partial charge in [0.1, 0.15) is 0 Å². The van der Waals surface area contributed by atoms with Crippen molar-refractivity contribution >= 4 is 15.9 Å². The van der Waals surface area contributed by atoms with Crippen LogP contribution in [0.5, 0.6) is 0 Å². The molecule has 0 aromatic rings. The molecular formula is C14H27Br. The van der Waals surface area contributed by atoms with Gasteiger partial charge in [-0.3, -0.25) is 0 Å². The van der Waals surface area contributed by atoms with Gasteiger partial charge in [-0.1, -0.05) is 73.5 Å². The van der Waals surface area contributed by atoms with Gasteiger partial charge in [0, 0.05) is 5.33 Å². The topological polar surface area (TPSA) is 0 Å². The van der Waals surface area contributed by atoms with Gasteiger partial charge in [-0.05, 0) is 25.7 Å². The van der Waals surface area contributed by atoms with Gasteiger partial charge >= 0.3 is 0 Å². The number of unbranched alkanes of at least 4 members (excludes halogenated alkanes) is 8. The summed E-state index contributed by atoms with van der Waals surface area (Å²) in [5.41, 5.74) is 0. The molecule has 0 rings (SSSR count). The van der Waals surface area contributed by atoms with E-state index in [1.54, 1.807) is 0 Å². The number of hydrogen-bond acceptors (Lipinski definition) is 0. The van der Waals surface area contributed by atoms with Crippen LogP contribution in [0.15, 0.2) is 12.2 Å². The molecule has 0 saturated carbocycles. The Labute approximate surface area is 105 Å². The molecule has 0 bridgehead atoms. The first-order valence-corrected chi connectivity index (χ1v) is 7.75. The summed E-state index contributed by atoms with van der Waals surface area (Å²) in [7, 11) is 0. The first-order chi connectivity index (χ1) is 7.41. The molecule has 0 aromatic carbocycles. The SMILES string of the molecule is CCCCCCCCCC=CCCCBr. The van der Waals surface area contributed by atoms with Crippen molar-refractivity contribution in [1.29, 1.82) is 0 Å². The molecule has 0 N–H and O–H groups in total. The molecular weight excluding hydrogens is 248 g/mol. The molecule has 0 fully saturated rings. The lowest BCUT2D eigenvalue weighted by molar-refractivity contribution is 0.592. The second kappa shape index (κ2) is 14.2. The molecule has 0 heterocycles. The van der Waals surface area contributed by atoms with Crippen molar-refractivity contribution in [2.45, 2.75) is 71.1 Å². The van der Waals surface area contributed by atoms with E-state index in [0.717, 1.165) is 5.33 Å². The van der Waals surface area contributed by atoms with Gasteiger partial charge in [0.15, 0.2) is 0 Å². The molecule has 1 heteroatoms. The standard InChI is InChI=1S/C14H27Br/c1-2-3-4-5-6-7-8-9-10-11-12-13-14-15/h10-11H,2-9,12-14H2,1H3. The Hall–Kier alpha value is 0.220. The van der Waals surface area contributed by atoms with Crippen LogP contribution < -0.4 is 0 Å². The van der Waals surface area contributed by atoms with Crippen molar-refractivity contribution in [2.24, 2.45) is 0 Å². The third kappa shape index (κ3) is 14.2. The molecule has 90 valence electrons. The Morgan fingerprint density at radius 3 is 1.87 bits per heavy atom. The van der Waals surface area contributed by atoms with Crippen LogP contribution in [0.3, 0.4) is 0 Å². The van der Waals surface area contributed by atoms with Crippen molar-refractivity contribution in [2.75, 3.05) is 5.33 Å². The lowest BCUT2D eigenvalue weighted by Gasteiger charge is -1.98. The summed E-state index contributed by atoms with van der Waals surface area (Å²) in [4.78, 5) is 0. The van der Waals surface area contributed by atoms with Gasteiger partial charge in [-0.2, -0.15) is 0 Å². The molecule has 0 radical (unpaired) electrons. The fraction of sp³-hybridized carbons (Fsp3) is 0.857. The lowest BCUT2D eigenvalue weighted by Crippen LogP contribution is -1.79. The Kier molecular flexibility index (Phi) is 14.4. The summed E-state index contributed by atoms with van der Waals surface area (Å²) in [6, 6.07) is 0. The minimum Gasteiger partial charge on any atom is -0.0928 e. The van der Waals surface area contributed by atoms with Crippen molar-refractivity contribution in [1.82, 2.24) is 0 Å². The molecule has 0 unspecified atom stereocenters. The van der Waals surface area contributed by atoms with Crippen LogP contribution in [0.2, 0.25) is 0 Å². The highest BCUT2D eigenvalue weighted by atomic mass is 79.9. The number of allylic oxidation sites excluding steroid dienone is 2. The van der Waals surface area contributed by atoms with Crippen LogP contribution in [0.1, 0.15) is 71.1 Å². The summed E-state index contributed by atoms with van der Waals surface area (Å²) in [5.74, 6) is 0. The van der Waals surface area contributed by atoms with Crippen molar-refractivity contribution in [3.8, 4) is 0 Å². The Bertz CT molecular complexity index is 129. The van der Waals surface area contributed by atoms with E-state index in [0.29, 0.717) is 0 Å². The molecule has 0 aliphatic carbocycles. The fourth-order valence-electron chi connectivity index (χ4n) is 1.65. The zero-order valence-corrected chi connectivity index (χ0v) is 11.9. The van der Waals surface area contributed by atoms with E-state index >= 15 is 0 Å². The number of halogens is 1. The smallest absolute Gasteiger partial charge is 0.00342 e. The van der Waals surface area contributed by atoms with Crippen molar-refractivity contribution in [3.63, 3.8) is 0 Å². The lowest BCUT2D eigenvalue weighted by atomic mass is 10.1. The van der Waals surface area contributed by atoms with Crippen LogP contribution in [0, 0.1) is 0 Å².